The Balaban J connectivity index is 1.24. The van der Waals surface area contributed by atoms with E-state index in [2.05, 4.69) is 92.8 Å². The van der Waals surface area contributed by atoms with Crippen LogP contribution in [-0.2, 0) is 0 Å². The van der Waals surface area contributed by atoms with Crippen LogP contribution in [0.2, 0.25) is 0 Å². The van der Waals surface area contributed by atoms with E-state index in [1.807, 2.05) is 78.9 Å². The van der Waals surface area contributed by atoms with Gasteiger partial charge in [0.25, 0.3) is 0 Å². The molecule has 0 saturated carbocycles. The fourth-order valence-corrected chi connectivity index (χ4v) is 7.85. The van der Waals surface area contributed by atoms with E-state index in [4.69, 9.17) is 25.9 Å². The van der Waals surface area contributed by atoms with Crippen LogP contribution >= 0.6 is 0 Å². The van der Waals surface area contributed by atoms with Crippen molar-refractivity contribution in [1.82, 2.24) is 24.1 Å². The van der Waals surface area contributed by atoms with Gasteiger partial charge in [-0.3, -0.25) is 4.57 Å². The van der Waals surface area contributed by atoms with E-state index in [0.29, 0.717) is 23.3 Å². The van der Waals surface area contributed by atoms with Gasteiger partial charge in [-0.1, -0.05) is 109 Å². The number of rotatable bonds is 4. The summed E-state index contributed by atoms with van der Waals surface area (Å²) in [5.41, 5.74) is 8.67. The lowest BCUT2D eigenvalue weighted by atomic mass is 10.1. The summed E-state index contributed by atoms with van der Waals surface area (Å²) in [6.07, 6.45) is 0. The molecule has 7 nitrogen and oxygen atoms in total. The van der Waals surface area contributed by atoms with Crippen LogP contribution in [0.4, 0.5) is 5.69 Å². The average molecular weight is 679 g/mol. The third kappa shape index (κ3) is 4.36. The number of nitrogens with zero attached hydrogens (tertiary/aromatic N) is 6. The molecule has 0 unspecified atom stereocenters. The highest BCUT2D eigenvalue weighted by Crippen LogP contribution is 2.41. The van der Waals surface area contributed by atoms with Crippen LogP contribution in [0.3, 0.4) is 0 Å². The van der Waals surface area contributed by atoms with Gasteiger partial charge in [-0.2, -0.15) is 9.97 Å². The van der Waals surface area contributed by atoms with Crippen molar-refractivity contribution in [3.8, 4) is 34.4 Å². The Morgan fingerprint density at radius 1 is 0.453 bits per heavy atom. The third-order valence-corrected chi connectivity index (χ3v) is 10.2. The minimum atomic E-state index is 0.469. The summed E-state index contributed by atoms with van der Waals surface area (Å²) in [6, 6.07) is 53.3. The maximum Gasteiger partial charge on any atom is 0.238 e. The highest BCUT2D eigenvalue weighted by Gasteiger charge is 2.22. The molecule has 53 heavy (non-hydrogen) atoms. The first-order valence-electron chi connectivity index (χ1n) is 17.4. The SMILES string of the molecule is [C-]#[N+]c1ccc(-n2c3ccccc3c3cc4oc5ccccc5c4cc32)c(-c2nc(-c3ccccc3)nc(-n3c4ccccc4c4ccccc43)n2)c1. The van der Waals surface area contributed by atoms with Crippen LogP contribution in [0.15, 0.2) is 162 Å². The van der Waals surface area contributed by atoms with Gasteiger partial charge >= 0.3 is 0 Å². The molecule has 0 atom stereocenters. The molecule has 7 heteroatoms. The zero-order chi connectivity index (χ0) is 35.0. The Bertz CT molecular complexity index is 3260. The molecular weight excluding hydrogens is 653 g/mol. The minimum Gasteiger partial charge on any atom is -0.456 e. The molecule has 0 bridgehead atoms. The summed E-state index contributed by atoms with van der Waals surface area (Å²) in [7, 11) is 0. The van der Waals surface area contributed by atoms with E-state index in [1.165, 1.54) is 0 Å². The second kappa shape index (κ2) is 11.2. The van der Waals surface area contributed by atoms with Crippen molar-refractivity contribution in [2.24, 2.45) is 0 Å². The van der Waals surface area contributed by atoms with Crippen molar-refractivity contribution in [1.29, 1.82) is 0 Å². The maximum atomic E-state index is 8.02. The number of para-hydroxylation sites is 4. The third-order valence-electron chi connectivity index (χ3n) is 10.2. The molecule has 0 N–H and O–H groups in total. The highest BCUT2D eigenvalue weighted by molar-refractivity contribution is 6.17. The van der Waals surface area contributed by atoms with Crippen molar-refractivity contribution in [3.05, 3.63) is 169 Å². The van der Waals surface area contributed by atoms with Gasteiger partial charge in [-0.15, -0.1) is 0 Å². The van der Waals surface area contributed by atoms with Gasteiger partial charge in [0.05, 0.1) is 34.3 Å². The van der Waals surface area contributed by atoms with E-state index < -0.39 is 0 Å². The number of aromatic nitrogens is 5. The Hall–Kier alpha value is -7.56. The van der Waals surface area contributed by atoms with E-state index in [9.17, 15) is 0 Å². The predicted molar refractivity (Wildman–Crippen MR) is 213 cm³/mol. The second-order valence-corrected chi connectivity index (χ2v) is 13.1. The molecule has 246 valence electrons. The molecule has 0 aliphatic heterocycles. The van der Waals surface area contributed by atoms with E-state index >= 15 is 0 Å². The molecule has 0 radical (unpaired) electrons. The summed E-state index contributed by atoms with van der Waals surface area (Å²) in [6.45, 7) is 8.02. The van der Waals surface area contributed by atoms with Crippen molar-refractivity contribution >= 4 is 71.2 Å². The van der Waals surface area contributed by atoms with E-state index in [-0.39, 0.29) is 0 Å². The summed E-state index contributed by atoms with van der Waals surface area (Å²) in [4.78, 5) is 19.4. The Labute approximate surface area is 302 Å². The summed E-state index contributed by atoms with van der Waals surface area (Å²) in [5.74, 6) is 1.51. The van der Waals surface area contributed by atoms with Crippen molar-refractivity contribution in [2.75, 3.05) is 0 Å². The first-order valence-corrected chi connectivity index (χ1v) is 17.4. The zero-order valence-electron chi connectivity index (χ0n) is 28.1. The minimum absolute atomic E-state index is 0.469. The predicted octanol–water partition coefficient (Wildman–Crippen LogP) is 11.8. The molecule has 11 aromatic rings. The largest absolute Gasteiger partial charge is 0.456 e. The van der Waals surface area contributed by atoms with Gasteiger partial charge in [-0.05, 0) is 48.5 Å². The molecule has 11 rings (SSSR count). The lowest BCUT2D eigenvalue weighted by molar-refractivity contribution is 0.669. The van der Waals surface area contributed by atoms with Gasteiger partial charge in [-0.25, -0.2) is 9.83 Å². The van der Waals surface area contributed by atoms with E-state index in [0.717, 1.165) is 82.4 Å². The molecule has 0 aliphatic rings. The highest BCUT2D eigenvalue weighted by atomic mass is 16.3. The second-order valence-electron chi connectivity index (χ2n) is 13.1. The smallest absolute Gasteiger partial charge is 0.238 e. The molecular formula is C46H26N6O. The summed E-state index contributed by atoms with van der Waals surface area (Å²) in [5, 5.41) is 6.49. The molecule has 0 saturated heterocycles. The first-order chi connectivity index (χ1) is 26.2. The van der Waals surface area contributed by atoms with Crippen LogP contribution < -0.4 is 0 Å². The monoisotopic (exact) mass is 678 g/mol. The first kappa shape index (κ1) is 29.2. The van der Waals surface area contributed by atoms with Gasteiger partial charge in [0.15, 0.2) is 17.3 Å². The van der Waals surface area contributed by atoms with Crippen LogP contribution in [0.25, 0.3) is 105 Å². The fourth-order valence-electron chi connectivity index (χ4n) is 7.85. The van der Waals surface area contributed by atoms with Crippen LogP contribution in [-0.4, -0.2) is 24.1 Å². The Kier molecular flexibility index (Phi) is 6.18. The lowest BCUT2D eigenvalue weighted by Crippen LogP contribution is -2.07. The molecule has 0 spiro atoms. The lowest BCUT2D eigenvalue weighted by Gasteiger charge is -2.16. The van der Waals surface area contributed by atoms with Crippen LogP contribution in [0.5, 0.6) is 0 Å². The number of hydrogen-bond donors (Lipinski definition) is 0. The van der Waals surface area contributed by atoms with E-state index in [1.54, 1.807) is 0 Å². The normalized spacial score (nSPS) is 11.8. The molecule has 7 aromatic carbocycles. The van der Waals surface area contributed by atoms with Gasteiger partial charge in [0, 0.05) is 43.4 Å². The molecule has 0 aliphatic carbocycles. The van der Waals surface area contributed by atoms with Crippen LogP contribution in [0.1, 0.15) is 0 Å². The standard InChI is InChI=1S/C46H26N6O/c1-47-29-23-24-40(51-37-19-9-7-17-32(37)34-27-43-35(26-41(34)51)33-18-8-12-22-42(33)53-43)36(25-29)45-48-44(28-13-3-2-4-14-28)49-46(50-45)52-38-20-10-5-15-30(38)31-16-6-11-21-39(31)52/h2-27H. The molecule has 0 fully saturated rings. The maximum absolute atomic E-state index is 8.02. The number of hydrogen-bond acceptors (Lipinski definition) is 4. The van der Waals surface area contributed by atoms with Crippen molar-refractivity contribution < 1.29 is 4.42 Å². The van der Waals surface area contributed by atoms with Crippen molar-refractivity contribution in [3.63, 3.8) is 0 Å². The molecule has 4 heterocycles. The number of benzene rings is 7. The Morgan fingerprint density at radius 3 is 1.77 bits per heavy atom. The zero-order valence-corrected chi connectivity index (χ0v) is 28.1. The van der Waals surface area contributed by atoms with Gasteiger partial charge < -0.3 is 8.98 Å². The number of furan rings is 1. The number of fused-ring (bicyclic) bond motifs is 9. The van der Waals surface area contributed by atoms with Crippen molar-refractivity contribution in [2.45, 2.75) is 0 Å². The Morgan fingerprint density at radius 2 is 1.06 bits per heavy atom. The quantitative estimate of drug-likeness (QED) is 0.174. The topological polar surface area (TPSA) is 66.0 Å². The average Bonchev–Trinajstić information content (AvgIpc) is 3.87. The summed E-state index contributed by atoms with van der Waals surface area (Å²) < 4.78 is 10.7. The van der Waals surface area contributed by atoms with Gasteiger partial charge in [0.2, 0.25) is 5.95 Å². The molecule has 0 amide bonds. The fraction of sp³-hybridized carbons (Fsp3) is 0. The van der Waals surface area contributed by atoms with Gasteiger partial charge in [0.1, 0.15) is 11.2 Å². The molecule has 4 aromatic heterocycles. The van der Waals surface area contributed by atoms with Crippen LogP contribution in [0, 0.1) is 6.57 Å². The summed E-state index contributed by atoms with van der Waals surface area (Å²) >= 11 is 0.